The standard InChI is InChI=1S/C25H23FN4O4/c26-22-16-19(10-11-27-22)24(32)28-17-23(31)30-14-12-29(13-15-30)20-6-8-21(9-7-20)34-25(33)18-4-2-1-3-5-18/h1-11,16H,12-15,17H2,(H,28,32). The molecule has 1 aromatic heterocycles. The van der Waals surface area contributed by atoms with Crippen LogP contribution >= 0.6 is 0 Å². The average Bonchev–Trinajstić information content (AvgIpc) is 2.88. The van der Waals surface area contributed by atoms with E-state index in [1.165, 1.54) is 12.3 Å². The number of halogens is 1. The van der Waals surface area contributed by atoms with Crippen molar-refractivity contribution >= 4 is 23.5 Å². The van der Waals surface area contributed by atoms with Crippen LogP contribution < -0.4 is 15.0 Å². The summed E-state index contributed by atoms with van der Waals surface area (Å²) < 4.78 is 18.6. The molecule has 1 aliphatic rings. The summed E-state index contributed by atoms with van der Waals surface area (Å²) in [6.07, 6.45) is 1.20. The van der Waals surface area contributed by atoms with Gasteiger partial charge in [0.15, 0.2) is 0 Å². The van der Waals surface area contributed by atoms with E-state index in [2.05, 4.69) is 15.2 Å². The van der Waals surface area contributed by atoms with Gasteiger partial charge in [-0.3, -0.25) is 9.59 Å². The van der Waals surface area contributed by atoms with Crippen LogP contribution in [0.2, 0.25) is 0 Å². The van der Waals surface area contributed by atoms with E-state index in [4.69, 9.17) is 4.74 Å². The maximum atomic E-state index is 13.1. The number of ether oxygens (including phenoxy) is 1. The predicted octanol–water partition coefficient (Wildman–Crippen LogP) is 2.52. The number of rotatable bonds is 6. The minimum absolute atomic E-state index is 0.114. The number of benzene rings is 2. The largest absolute Gasteiger partial charge is 0.423 e. The molecule has 2 amide bonds. The molecule has 2 heterocycles. The Bertz CT molecular complexity index is 1160. The first-order valence-corrected chi connectivity index (χ1v) is 10.8. The zero-order valence-electron chi connectivity index (χ0n) is 18.3. The molecule has 0 bridgehead atoms. The van der Waals surface area contributed by atoms with Gasteiger partial charge in [-0.25, -0.2) is 9.78 Å². The predicted molar refractivity (Wildman–Crippen MR) is 123 cm³/mol. The van der Waals surface area contributed by atoms with Crippen LogP contribution in [0.4, 0.5) is 10.1 Å². The van der Waals surface area contributed by atoms with Crippen LogP contribution in [0.5, 0.6) is 5.75 Å². The maximum absolute atomic E-state index is 13.1. The zero-order valence-corrected chi connectivity index (χ0v) is 18.3. The third-order valence-corrected chi connectivity index (χ3v) is 5.44. The van der Waals surface area contributed by atoms with Crippen LogP contribution in [0.25, 0.3) is 0 Å². The van der Waals surface area contributed by atoms with Gasteiger partial charge in [0.05, 0.1) is 12.1 Å². The van der Waals surface area contributed by atoms with Crippen molar-refractivity contribution in [2.75, 3.05) is 37.6 Å². The van der Waals surface area contributed by atoms with E-state index in [1.54, 1.807) is 41.3 Å². The number of hydrogen-bond acceptors (Lipinski definition) is 6. The molecule has 1 saturated heterocycles. The van der Waals surface area contributed by atoms with Gasteiger partial charge in [0.25, 0.3) is 5.91 Å². The number of piperazine rings is 1. The number of anilines is 1. The quantitative estimate of drug-likeness (QED) is 0.344. The lowest BCUT2D eigenvalue weighted by molar-refractivity contribution is -0.130. The molecule has 0 saturated carbocycles. The summed E-state index contributed by atoms with van der Waals surface area (Å²) in [4.78, 5) is 43.9. The molecular formula is C25H23FN4O4. The summed E-state index contributed by atoms with van der Waals surface area (Å²) >= 11 is 0. The first kappa shape index (κ1) is 22.9. The van der Waals surface area contributed by atoms with Crippen molar-refractivity contribution in [3.63, 3.8) is 0 Å². The van der Waals surface area contributed by atoms with E-state index in [-0.39, 0.29) is 18.0 Å². The van der Waals surface area contributed by atoms with Crippen molar-refractivity contribution in [1.29, 1.82) is 0 Å². The lowest BCUT2D eigenvalue weighted by Gasteiger charge is -2.36. The fraction of sp³-hybridized carbons (Fsp3) is 0.200. The second-order valence-corrected chi connectivity index (χ2v) is 7.67. The maximum Gasteiger partial charge on any atom is 0.343 e. The monoisotopic (exact) mass is 462 g/mol. The normalized spacial score (nSPS) is 13.3. The van der Waals surface area contributed by atoms with Crippen LogP contribution in [0, 0.1) is 5.95 Å². The van der Waals surface area contributed by atoms with Crippen molar-refractivity contribution in [2.45, 2.75) is 0 Å². The first-order valence-electron chi connectivity index (χ1n) is 10.8. The highest BCUT2D eigenvalue weighted by atomic mass is 19.1. The summed E-state index contributed by atoms with van der Waals surface area (Å²) in [6, 6.07) is 18.4. The molecule has 0 aliphatic carbocycles. The number of pyridine rings is 1. The minimum atomic E-state index is -0.752. The fourth-order valence-corrected chi connectivity index (χ4v) is 3.59. The second-order valence-electron chi connectivity index (χ2n) is 7.67. The topological polar surface area (TPSA) is 91.8 Å². The van der Waals surface area contributed by atoms with Crippen LogP contribution in [0.1, 0.15) is 20.7 Å². The molecule has 174 valence electrons. The summed E-state index contributed by atoms with van der Waals surface area (Å²) in [5.41, 5.74) is 1.55. The number of carbonyl (C=O) groups is 3. The third kappa shape index (κ3) is 5.74. The second kappa shape index (κ2) is 10.6. The molecule has 2 aromatic carbocycles. The molecule has 0 radical (unpaired) electrons. The molecule has 34 heavy (non-hydrogen) atoms. The van der Waals surface area contributed by atoms with E-state index >= 15 is 0 Å². The Morgan fingerprint density at radius 2 is 1.62 bits per heavy atom. The Morgan fingerprint density at radius 3 is 2.29 bits per heavy atom. The third-order valence-electron chi connectivity index (χ3n) is 5.44. The van der Waals surface area contributed by atoms with Gasteiger partial charge in [0.1, 0.15) is 5.75 Å². The van der Waals surface area contributed by atoms with E-state index in [0.717, 1.165) is 11.8 Å². The minimum Gasteiger partial charge on any atom is -0.423 e. The Morgan fingerprint density at radius 1 is 0.912 bits per heavy atom. The van der Waals surface area contributed by atoms with Crippen LogP contribution in [0.15, 0.2) is 72.9 Å². The molecule has 4 rings (SSSR count). The van der Waals surface area contributed by atoms with Gasteiger partial charge in [-0.1, -0.05) is 18.2 Å². The van der Waals surface area contributed by atoms with Crippen molar-refractivity contribution in [3.8, 4) is 5.75 Å². The number of nitrogens with one attached hydrogen (secondary N) is 1. The highest BCUT2D eigenvalue weighted by Crippen LogP contribution is 2.21. The van der Waals surface area contributed by atoms with Gasteiger partial charge >= 0.3 is 5.97 Å². The highest BCUT2D eigenvalue weighted by molar-refractivity contribution is 5.96. The van der Waals surface area contributed by atoms with Crippen molar-refractivity contribution in [3.05, 3.63) is 90.0 Å². The number of nitrogens with zero attached hydrogens (tertiary/aromatic N) is 3. The van der Waals surface area contributed by atoms with Gasteiger partial charge in [-0.05, 0) is 42.5 Å². The van der Waals surface area contributed by atoms with Crippen LogP contribution in [-0.2, 0) is 4.79 Å². The Balaban J connectivity index is 1.24. The average molecular weight is 462 g/mol. The number of carbonyl (C=O) groups excluding carboxylic acids is 3. The van der Waals surface area contributed by atoms with Gasteiger partial charge in [-0.2, -0.15) is 4.39 Å². The fourth-order valence-electron chi connectivity index (χ4n) is 3.59. The molecule has 0 atom stereocenters. The molecule has 8 nitrogen and oxygen atoms in total. The number of esters is 1. The van der Waals surface area contributed by atoms with Crippen molar-refractivity contribution in [1.82, 2.24) is 15.2 Å². The van der Waals surface area contributed by atoms with E-state index in [9.17, 15) is 18.8 Å². The lowest BCUT2D eigenvalue weighted by Crippen LogP contribution is -2.51. The van der Waals surface area contributed by atoms with Gasteiger partial charge in [0, 0.05) is 49.7 Å². The van der Waals surface area contributed by atoms with E-state index < -0.39 is 17.8 Å². The molecule has 1 aliphatic heterocycles. The highest BCUT2D eigenvalue weighted by Gasteiger charge is 2.22. The molecular weight excluding hydrogens is 439 g/mol. The van der Waals surface area contributed by atoms with Gasteiger partial charge in [-0.15, -0.1) is 0 Å². The van der Waals surface area contributed by atoms with Crippen molar-refractivity contribution < 1.29 is 23.5 Å². The molecule has 0 unspecified atom stereocenters. The zero-order chi connectivity index (χ0) is 23.9. The van der Waals surface area contributed by atoms with E-state index in [1.807, 2.05) is 18.2 Å². The Labute approximate surface area is 196 Å². The summed E-state index contributed by atoms with van der Waals surface area (Å²) in [6.45, 7) is 2.09. The number of amides is 2. The van der Waals surface area contributed by atoms with Crippen molar-refractivity contribution in [2.24, 2.45) is 0 Å². The summed E-state index contributed by atoms with van der Waals surface area (Å²) in [5, 5.41) is 2.52. The molecule has 1 fully saturated rings. The summed E-state index contributed by atoms with van der Waals surface area (Å²) in [7, 11) is 0. The van der Waals surface area contributed by atoms with E-state index in [0.29, 0.717) is 37.5 Å². The van der Waals surface area contributed by atoms with Crippen LogP contribution in [-0.4, -0.2) is 60.4 Å². The van der Waals surface area contributed by atoms with Gasteiger partial charge in [0.2, 0.25) is 11.9 Å². The molecule has 0 spiro atoms. The van der Waals surface area contributed by atoms with Gasteiger partial charge < -0.3 is 19.9 Å². The lowest BCUT2D eigenvalue weighted by atomic mass is 10.2. The molecule has 9 heteroatoms. The molecule has 3 aromatic rings. The Hall–Kier alpha value is -4.27. The van der Waals surface area contributed by atoms with Crippen LogP contribution in [0.3, 0.4) is 0 Å². The number of aromatic nitrogens is 1. The smallest absolute Gasteiger partial charge is 0.343 e. The summed E-state index contributed by atoms with van der Waals surface area (Å²) in [5.74, 6) is -1.44. The number of hydrogen-bond donors (Lipinski definition) is 1. The Kier molecular flexibility index (Phi) is 7.12. The first-order chi connectivity index (χ1) is 16.5. The molecule has 1 N–H and O–H groups in total. The SMILES string of the molecule is O=C(NCC(=O)N1CCN(c2ccc(OC(=O)c3ccccc3)cc2)CC1)c1ccnc(F)c1.